The van der Waals surface area contributed by atoms with E-state index in [1.807, 2.05) is 20.8 Å². The molecule has 1 unspecified atom stereocenters. The molecular weight excluding hydrogens is 292 g/mol. The maximum atomic E-state index is 11.9. The van der Waals surface area contributed by atoms with Crippen molar-refractivity contribution in [3.05, 3.63) is 16.5 Å². The first kappa shape index (κ1) is 17.7. The normalized spacial score (nSPS) is 12.3. The summed E-state index contributed by atoms with van der Waals surface area (Å²) in [5, 5.41) is 6.26. The summed E-state index contributed by atoms with van der Waals surface area (Å²) in [7, 11) is 1.59. The Hall–Kier alpha value is -1.40. The van der Waals surface area contributed by atoms with Gasteiger partial charge in [-0.2, -0.15) is 0 Å². The van der Waals surface area contributed by atoms with Gasteiger partial charge < -0.3 is 15.4 Å². The maximum Gasteiger partial charge on any atom is 0.242 e. The third-order valence-corrected chi connectivity index (χ3v) is 3.34. The van der Waals surface area contributed by atoms with E-state index in [9.17, 15) is 4.79 Å². The average Bonchev–Trinajstić information content (AvgIpc) is 2.43. The van der Waals surface area contributed by atoms with Crippen molar-refractivity contribution >= 4 is 23.3 Å². The number of amides is 1. The molecule has 0 bridgehead atoms. The second kappa shape index (κ2) is 8.14. The topological polar surface area (TPSA) is 76.1 Å². The van der Waals surface area contributed by atoms with E-state index in [-0.39, 0.29) is 11.8 Å². The Morgan fingerprint density at radius 1 is 1.33 bits per heavy atom. The SMILES string of the molecule is COCCNC(=O)C(C)Nc1nc(C(C)C)nc(Cl)c1C. The molecule has 118 valence electrons. The highest BCUT2D eigenvalue weighted by atomic mass is 35.5. The molecule has 1 atom stereocenters. The van der Waals surface area contributed by atoms with Gasteiger partial charge in [0.2, 0.25) is 5.91 Å². The summed E-state index contributed by atoms with van der Waals surface area (Å²) >= 11 is 6.12. The summed E-state index contributed by atoms with van der Waals surface area (Å²) < 4.78 is 4.89. The Morgan fingerprint density at radius 3 is 2.57 bits per heavy atom. The minimum absolute atomic E-state index is 0.118. The third kappa shape index (κ3) is 5.13. The maximum absolute atomic E-state index is 11.9. The number of rotatable bonds is 7. The van der Waals surface area contributed by atoms with Crippen LogP contribution in [0.15, 0.2) is 0 Å². The highest BCUT2D eigenvalue weighted by Gasteiger charge is 2.17. The van der Waals surface area contributed by atoms with Gasteiger partial charge >= 0.3 is 0 Å². The van der Waals surface area contributed by atoms with Gasteiger partial charge in [-0.3, -0.25) is 4.79 Å². The quantitative estimate of drug-likeness (QED) is 0.595. The monoisotopic (exact) mass is 314 g/mol. The summed E-state index contributed by atoms with van der Waals surface area (Å²) in [6.45, 7) is 8.53. The fourth-order valence-electron chi connectivity index (χ4n) is 1.60. The van der Waals surface area contributed by atoms with Crippen molar-refractivity contribution in [2.24, 2.45) is 0 Å². The third-order valence-electron chi connectivity index (χ3n) is 2.97. The summed E-state index contributed by atoms with van der Waals surface area (Å²) in [6, 6.07) is -0.425. The predicted molar refractivity (Wildman–Crippen MR) is 83.8 cm³/mol. The zero-order valence-corrected chi connectivity index (χ0v) is 13.9. The Labute approximate surface area is 130 Å². The number of nitrogens with zero attached hydrogens (tertiary/aromatic N) is 2. The molecule has 0 saturated heterocycles. The van der Waals surface area contributed by atoms with E-state index in [1.165, 1.54) is 0 Å². The number of carbonyl (C=O) groups is 1. The van der Waals surface area contributed by atoms with Crippen molar-refractivity contribution < 1.29 is 9.53 Å². The Bertz CT molecular complexity index is 494. The van der Waals surface area contributed by atoms with E-state index < -0.39 is 6.04 Å². The first-order chi connectivity index (χ1) is 9.86. The number of anilines is 1. The fourth-order valence-corrected chi connectivity index (χ4v) is 1.78. The number of halogens is 1. The van der Waals surface area contributed by atoms with Crippen molar-refractivity contribution in [1.82, 2.24) is 15.3 Å². The lowest BCUT2D eigenvalue weighted by molar-refractivity contribution is -0.121. The van der Waals surface area contributed by atoms with Crippen LogP contribution in [0.25, 0.3) is 0 Å². The minimum Gasteiger partial charge on any atom is -0.383 e. The molecule has 0 aliphatic rings. The van der Waals surface area contributed by atoms with Crippen LogP contribution in [-0.4, -0.2) is 42.2 Å². The number of nitrogens with one attached hydrogen (secondary N) is 2. The number of methoxy groups -OCH3 is 1. The van der Waals surface area contributed by atoms with Crippen LogP contribution in [0.1, 0.15) is 38.1 Å². The van der Waals surface area contributed by atoms with E-state index in [0.717, 1.165) is 5.56 Å². The molecule has 7 heteroatoms. The van der Waals surface area contributed by atoms with E-state index in [4.69, 9.17) is 16.3 Å². The van der Waals surface area contributed by atoms with Gasteiger partial charge in [0, 0.05) is 25.1 Å². The molecule has 21 heavy (non-hydrogen) atoms. The van der Waals surface area contributed by atoms with Crippen LogP contribution in [0.4, 0.5) is 5.82 Å². The van der Waals surface area contributed by atoms with Crippen molar-refractivity contribution in [1.29, 1.82) is 0 Å². The van der Waals surface area contributed by atoms with Gasteiger partial charge in [-0.1, -0.05) is 25.4 Å². The van der Waals surface area contributed by atoms with Crippen molar-refractivity contribution in [3.8, 4) is 0 Å². The van der Waals surface area contributed by atoms with Crippen LogP contribution in [0.5, 0.6) is 0 Å². The fraction of sp³-hybridized carbons (Fsp3) is 0.643. The van der Waals surface area contributed by atoms with Crippen LogP contribution in [-0.2, 0) is 9.53 Å². The van der Waals surface area contributed by atoms with E-state index in [0.29, 0.717) is 29.9 Å². The van der Waals surface area contributed by atoms with Gasteiger partial charge in [0.15, 0.2) is 0 Å². The summed E-state index contributed by atoms with van der Waals surface area (Å²) in [6.07, 6.45) is 0. The molecule has 1 heterocycles. The molecule has 0 saturated carbocycles. The van der Waals surface area contributed by atoms with Gasteiger partial charge in [0.05, 0.1) is 6.61 Å². The zero-order chi connectivity index (χ0) is 16.0. The van der Waals surface area contributed by atoms with Crippen LogP contribution in [0.2, 0.25) is 5.15 Å². The number of hydrogen-bond donors (Lipinski definition) is 2. The van der Waals surface area contributed by atoms with E-state index >= 15 is 0 Å². The predicted octanol–water partition coefficient (Wildman–Crippen LogP) is 2.12. The second-order valence-corrected chi connectivity index (χ2v) is 5.51. The Morgan fingerprint density at radius 2 is 2.00 bits per heavy atom. The molecule has 6 nitrogen and oxygen atoms in total. The van der Waals surface area contributed by atoms with Crippen LogP contribution in [0, 0.1) is 6.92 Å². The highest BCUT2D eigenvalue weighted by Crippen LogP contribution is 2.23. The largest absolute Gasteiger partial charge is 0.383 e. The summed E-state index contributed by atoms with van der Waals surface area (Å²) in [4.78, 5) is 20.6. The van der Waals surface area contributed by atoms with Gasteiger partial charge in [-0.15, -0.1) is 0 Å². The first-order valence-corrected chi connectivity index (χ1v) is 7.31. The molecular formula is C14H23ClN4O2. The minimum atomic E-state index is -0.425. The lowest BCUT2D eigenvalue weighted by atomic mass is 10.2. The van der Waals surface area contributed by atoms with Crippen molar-refractivity contribution in [2.45, 2.75) is 39.7 Å². The van der Waals surface area contributed by atoms with Crippen LogP contribution < -0.4 is 10.6 Å². The summed E-state index contributed by atoms with van der Waals surface area (Å²) in [5.41, 5.74) is 0.734. The summed E-state index contributed by atoms with van der Waals surface area (Å²) in [5.74, 6) is 1.29. The molecule has 1 amide bonds. The molecule has 0 fully saturated rings. The van der Waals surface area contributed by atoms with Gasteiger partial charge in [0.1, 0.15) is 22.8 Å². The molecule has 0 radical (unpaired) electrons. The molecule has 1 aromatic rings. The number of aromatic nitrogens is 2. The lowest BCUT2D eigenvalue weighted by Gasteiger charge is -2.17. The molecule has 0 aliphatic heterocycles. The Balaban J connectivity index is 2.79. The van der Waals surface area contributed by atoms with Crippen LogP contribution >= 0.6 is 11.6 Å². The molecule has 0 aromatic carbocycles. The Kier molecular flexibility index (Phi) is 6.84. The number of carbonyl (C=O) groups excluding carboxylic acids is 1. The smallest absolute Gasteiger partial charge is 0.242 e. The zero-order valence-electron chi connectivity index (χ0n) is 13.2. The molecule has 0 aliphatic carbocycles. The molecule has 2 N–H and O–H groups in total. The highest BCUT2D eigenvalue weighted by molar-refractivity contribution is 6.30. The lowest BCUT2D eigenvalue weighted by Crippen LogP contribution is -2.39. The number of ether oxygens (including phenoxy) is 1. The molecule has 1 aromatic heterocycles. The van der Waals surface area contributed by atoms with E-state index in [2.05, 4.69) is 20.6 Å². The molecule has 0 spiro atoms. The number of hydrogen-bond acceptors (Lipinski definition) is 5. The van der Waals surface area contributed by atoms with Gasteiger partial charge in [-0.25, -0.2) is 9.97 Å². The second-order valence-electron chi connectivity index (χ2n) is 5.15. The van der Waals surface area contributed by atoms with Crippen molar-refractivity contribution in [3.63, 3.8) is 0 Å². The van der Waals surface area contributed by atoms with E-state index in [1.54, 1.807) is 14.0 Å². The van der Waals surface area contributed by atoms with Gasteiger partial charge in [0.25, 0.3) is 0 Å². The standard InChI is InChI=1S/C14H23ClN4O2/c1-8(2)12-18-11(15)9(3)13(19-12)17-10(4)14(20)16-6-7-21-5/h8,10H,6-7H2,1-5H3,(H,16,20)(H,17,18,19). The average molecular weight is 315 g/mol. The van der Waals surface area contributed by atoms with Crippen molar-refractivity contribution in [2.75, 3.05) is 25.6 Å². The van der Waals surface area contributed by atoms with Crippen LogP contribution in [0.3, 0.4) is 0 Å². The molecule has 1 rings (SSSR count). The van der Waals surface area contributed by atoms with Gasteiger partial charge in [-0.05, 0) is 13.8 Å². The first-order valence-electron chi connectivity index (χ1n) is 6.94.